The molecule has 6 heteroatoms. The Balaban J connectivity index is 2.20. The number of aliphatic hydroxyl groups is 1. The lowest BCUT2D eigenvalue weighted by Crippen LogP contribution is -2.22. The molecule has 3 aromatic rings. The smallest absolute Gasteiger partial charge is 0.265 e. The molecule has 1 aromatic carbocycles. The van der Waals surface area contributed by atoms with E-state index < -0.39 is 6.61 Å². The van der Waals surface area contributed by atoms with E-state index in [4.69, 9.17) is 11.6 Å². The van der Waals surface area contributed by atoms with Gasteiger partial charge in [0.25, 0.3) is 5.56 Å². The van der Waals surface area contributed by atoms with Crippen molar-refractivity contribution in [3.63, 3.8) is 0 Å². The summed E-state index contributed by atoms with van der Waals surface area (Å²) in [7, 11) is 0. The van der Waals surface area contributed by atoms with Gasteiger partial charge in [0.2, 0.25) is 0 Å². The Morgan fingerprint density at radius 2 is 2.14 bits per heavy atom. The van der Waals surface area contributed by atoms with Crippen molar-refractivity contribution in [2.75, 3.05) is 5.32 Å². The molecule has 0 atom stereocenters. The summed E-state index contributed by atoms with van der Waals surface area (Å²) in [6, 6.07) is 10.7. The molecule has 0 unspecified atom stereocenters. The van der Waals surface area contributed by atoms with Gasteiger partial charge >= 0.3 is 0 Å². The summed E-state index contributed by atoms with van der Waals surface area (Å²) in [5.41, 5.74) is 2.04. The van der Waals surface area contributed by atoms with Crippen LogP contribution in [0.3, 0.4) is 0 Å². The molecule has 2 N–H and O–H groups in total. The van der Waals surface area contributed by atoms with Crippen LogP contribution < -0.4 is 10.9 Å². The Labute approximate surface area is 131 Å². The maximum atomic E-state index is 12.5. The van der Waals surface area contributed by atoms with E-state index in [1.807, 2.05) is 19.1 Å². The zero-order valence-electron chi connectivity index (χ0n) is 11.9. The molecule has 0 saturated heterocycles. The van der Waals surface area contributed by atoms with Crippen molar-refractivity contribution in [3.05, 3.63) is 69.1 Å². The van der Waals surface area contributed by atoms with Crippen LogP contribution in [0.25, 0.3) is 5.65 Å². The molecule has 0 fully saturated rings. The summed E-state index contributed by atoms with van der Waals surface area (Å²) >= 11 is 5.96. The van der Waals surface area contributed by atoms with Crippen LogP contribution >= 0.6 is 11.6 Å². The fraction of sp³-hybridized carbons (Fsp3) is 0.125. The molecule has 2 aromatic heterocycles. The van der Waals surface area contributed by atoms with Crippen LogP contribution in [0, 0.1) is 6.92 Å². The summed E-state index contributed by atoms with van der Waals surface area (Å²) in [5.74, 6) is 0.337. The van der Waals surface area contributed by atoms with E-state index in [1.165, 1.54) is 4.40 Å². The zero-order chi connectivity index (χ0) is 15.7. The van der Waals surface area contributed by atoms with Crippen molar-refractivity contribution in [1.29, 1.82) is 0 Å². The maximum absolute atomic E-state index is 12.5. The first-order chi connectivity index (χ1) is 10.6. The van der Waals surface area contributed by atoms with Crippen molar-refractivity contribution < 1.29 is 5.11 Å². The van der Waals surface area contributed by atoms with E-state index in [-0.39, 0.29) is 11.1 Å². The summed E-state index contributed by atoms with van der Waals surface area (Å²) in [4.78, 5) is 17.0. The lowest BCUT2D eigenvalue weighted by atomic mass is 10.2. The molecule has 0 aliphatic rings. The van der Waals surface area contributed by atoms with Gasteiger partial charge in [-0.15, -0.1) is 0 Å². The fourth-order valence-electron chi connectivity index (χ4n) is 2.28. The first-order valence-corrected chi connectivity index (χ1v) is 7.12. The molecule has 22 heavy (non-hydrogen) atoms. The van der Waals surface area contributed by atoms with Crippen molar-refractivity contribution in [3.8, 4) is 0 Å². The molecule has 0 saturated carbocycles. The largest absolute Gasteiger partial charge is 0.391 e. The molecule has 0 aliphatic heterocycles. The SMILES string of the molecule is Cc1cccn2c(=O)c(CO)c(Nc3cccc(Cl)c3)nc12. The molecule has 0 amide bonds. The van der Waals surface area contributed by atoms with Crippen LogP contribution in [0.4, 0.5) is 11.5 Å². The molecule has 112 valence electrons. The Kier molecular flexibility index (Phi) is 3.83. The Morgan fingerprint density at radius 3 is 2.86 bits per heavy atom. The second kappa shape index (κ2) is 5.79. The van der Waals surface area contributed by atoms with Gasteiger partial charge in [-0.25, -0.2) is 4.98 Å². The molecule has 0 aliphatic carbocycles. The molecular formula is C16H14ClN3O2. The number of rotatable bonds is 3. The van der Waals surface area contributed by atoms with Crippen molar-refractivity contribution >= 4 is 28.8 Å². The van der Waals surface area contributed by atoms with Crippen LogP contribution in [0.5, 0.6) is 0 Å². The maximum Gasteiger partial charge on any atom is 0.265 e. The number of aryl methyl sites for hydroxylation is 1. The first-order valence-electron chi connectivity index (χ1n) is 6.74. The van der Waals surface area contributed by atoms with Gasteiger partial charge in [-0.05, 0) is 36.8 Å². The average Bonchev–Trinajstić information content (AvgIpc) is 2.49. The highest BCUT2D eigenvalue weighted by Crippen LogP contribution is 2.21. The summed E-state index contributed by atoms with van der Waals surface area (Å²) in [6.45, 7) is 1.48. The number of benzene rings is 1. The molecule has 5 nitrogen and oxygen atoms in total. The zero-order valence-corrected chi connectivity index (χ0v) is 12.6. The quantitative estimate of drug-likeness (QED) is 0.780. The van der Waals surface area contributed by atoms with E-state index in [2.05, 4.69) is 10.3 Å². The van der Waals surface area contributed by atoms with Gasteiger partial charge in [-0.1, -0.05) is 23.7 Å². The van der Waals surface area contributed by atoms with Crippen molar-refractivity contribution in [2.45, 2.75) is 13.5 Å². The van der Waals surface area contributed by atoms with E-state index in [1.54, 1.807) is 30.5 Å². The second-order valence-electron chi connectivity index (χ2n) is 4.92. The van der Waals surface area contributed by atoms with Crippen LogP contribution in [0.1, 0.15) is 11.1 Å². The molecule has 2 heterocycles. The van der Waals surface area contributed by atoms with Crippen LogP contribution in [-0.2, 0) is 6.61 Å². The van der Waals surface area contributed by atoms with Gasteiger partial charge in [0.1, 0.15) is 11.5 Å². The summed E-state index contributed by atoms with van der Waals surface area (Å²) in [5, 5.41) is 13.2. The second-order valence-corrected chi connectivity index (χ2v) is 5.36. The average molecular weight is 316 g/mol. The minimum atomic E-state index is -0.397. The molecular weight excluding hydrogens is 302 g/mol. The number of fused-ring (bicyclic) bond motifs is 1. The third-order valence-electron chi connectivity index (χ3n) is 3.39. The van der Waals surface area contributed by atoms with E-state index >= 15 is 0 Å². The van der Waals surface area contributed by atoms with Gasteiger partial charge in [-0.3, -0.25) is 9.20 Å². The highest BCUT2D eigenvalue weighted by atomic mass is 35.5. The van der Waals surface area contributed by atoms with E-state index in [0.29, 0.717) is 22.2 Å². The third kappa shape index (κ3) is 2.56. The van der Waals surface area contributed by atoms with Gasteiger partial charge < -0.3 is 10.4 Å². The minimum Gasteiger partial charge on any atom is -0.391 e. The summed E-state index contributed by atoms with van der Waals surface area (Å²) < 4.78 is 1.43. The summed E-state index contributed by atoms with van der Waals surface area (Å²) in [6.07, 6.45) is 1.64. The monoisotopic (exact) mass is 315 g/mol. The molecule has 0 bridgehead atoms. The van der Waals surface area contributed by atoms with Crippen LogP contribution in [-0.4, -0.2) is 14.5 Å². The topological polar surface area (TPSA) is 66.6 Å². The van der Waals surface area contributed by atoms with Crippen LogP contribution in [0.15, 0.2) is 47.4 Å². The number of anilines is 2. The van der Waals surface area contributed by atoms with Gasteiger partial charge in [0, 0.05) is 16.9 Å². The lowest BCUT2D eigenvalue weighted by Gasteiger charge is -2.12. The minimum absolute atomic E-state index is 0.211. The van der Waals surface area contributed by atoms with Crippen LogP contribution in [0.2, 0.25) is 5.02 Å². The highest BCUT2D eigenvalue weighted by Gasteiger charge is 2.13. The number of pyridine rings is 1. The molecule has 0 radical (unpaired) electrons. The number of hydrogen-bond donors (Lipinski definition) is 2. The number of aromatic nitrogens is 2. The van der Waals surface area contributed by atoms with E-state index in [0.717, 1.165) is 5.56 Å². The lowest BCUT2D eigenvalue weighted by molar-refractivity contribution is 0.280. The van der Waals surface area contributed by atoms with E-state index in [9.17, 15) is 9.90 Å². The fourth-order valence-corrected chi connectivity index (χ4v) is 2.47. The standard InChI is InChI=1S/C16H14ClN3O2/c1-10-4-3-7-20-15(10)19-14(13(9-21)16(20)22)18-12-6-2-5-11(17)8-12/h2-8,18,21H,9H2,1H3. The predicted octanol–water partition coefficient (Wildman–Crippen LogP) is 2.89. The van der Waals surface area contributed by atoms with Gasteiger partial charge in [0.05, 0.1) is 12.2 Å². The normalized spacial score (nSPS) is 10.9. The number of hydrogen-bond acceptors (Lipinski definition) is 4. The molecule has 3 rings (SSSR count). The number of nitrogens with one attached hydrogen (secondary N) is 1. The Morgan fingerprint density at radius 1 is 1.32 bits per heavy atom. The van der Waals surface area contributed by atoms with Gasteiger partial charge in [-0.2, -0.15) is 0 Å². The first kappa shape index (κ1) is 14.6. The number of nitrogens with zero attached hydrogens (tertiary/aromatic N) is 2. The Bertz CT molecular complexity index is 906. The third-order valence-corrected chi connectivity index (χ3v) is 3.62. The predicted molar refractivity (Wildman–Crippen MR) is 86.9 cm³/mol. The van der Waals surface area contributed by atoms with Crippen molar-refractivity contribution in [1.82, 2.24) is 9.38 Å². The highest BCUT2D eigenvalue weighted by molar-refractivity contribution is 6.30. The Hall–Kier alpha value is -2.37. The number of halogens is 1. The number of aliphatic hydroxyl groups excluding tert-OH is 1. The van der Waals surface area contributed by atoms with Crippen molar-refractivity contribution in [2.24, 2.45) is 0 Å². The molecule has 0 spiro atoms. The van der Waals surface area contributed by atoms with Gasteiger partial charge in [0.15, 0.2) is 0 Å².